The number of nitrogens with one attached hydrogen (secondary N) is 1. The van der Waals surface area contributed by atoms with Gasteiger partial charge in [-0.25, -0.2) is 8.42 Å². The Labute approximate surface area is 178 Å². The summed E-state index contributed by atoms with van der Waals surface area (Å²) in [4.78, 5) is 12.6. The molecule has 2 aromatic rings. The highest BCUT2D eigenvalue weighted by Gasteiger charge is 2.24. The first-order valence-electron chi connectivity index (χ1n) is 10.1. The quantitative estimate of drug-likeness (QED) is 0.558. The minimum absolute atomic E-state index is 0.130. The Morgan fingerprint density at radius 1 is 1.07 bits per heavy atom. The summed E-state index contributed by atoms with van der Waals surface area (Å²) >= 11 is 0. The van der Waals surface area contributed by atoms with Gasteiger partial charge in [-0.3, -0.25) is 10.1 Å². The number of piperidine rings is 1. The van der Waals surface area contributed by atoms with Gasteiger partial charge in [0.25, 0.3) is 5.69 Å². The fourth-order valence-electron chi connectivity index (χ4n) is 3.74. The second-order valence-electron chi connectivity index (χ2n) is 8.91. The van der Waals surface area contributed by atoms with Crippen LogP contribution >= 0.6 is 0 Å². The van der Waals surface area contributed by atoms with Gasteiger partial charge >= 0.3 is 0 Å². The predicted molar refractivity (Wildman–Crippen MR) is 120 cm³/mol. The Morgan fingerprint density at radius 2 is 1.67 bits per heavy atom. The molecule has 30 heavy (non-hydrogen) atoms. The van der Waals surface area contributed by atoms with Crippen molar-refractivity contribution in [3.63, 3.8) is 0 Å². The average Bonchev–Trinajstić information content (AvgIpc) is 2.67. The molecule has 1 saturated heterocycles. The molecule has 1 fully saturated rings. The zero-order valence-electron chi connectivity index (χ0n) is 17.9. The maximum Gasteiger partial charge on any atom is 0.288 e. The molecule has 0 bridgehead atoms. The number of hydrogen-bond acceptors (Lipinski definition) is 6. The normalized spacial score (nSPS) is 15.8. The van der Waals surface area contributed by atoms with Crippen molar-refractivity contribution in [3.8, 4) is 0 Å². The maximum absolute atomic E-state index is 11.9. The smallest absolute Gasteiger partial charge is 0.288 e. The zero-order valence-corrected chi connectivity index (χ0v) is 18.7. The molecule has 0 unspecified atom stereocenters. The van der Waals surface area contributed by atoms with Gasteiger partial charge in [-0.2, -0.15) is 0 Å². The molecular weight excluding hydrogens is 402 g/mol. The van der Waals surface area contributed by atoms with Crippen LogP contribution in [0.15, 0.2) is 47.4 Å². The molecule has 7 nitrogen and oxygen atoms in total. The summed E-state index contributed by atoms with van der Waals surface area (Å²) in [5.74, 6) is 0. The van der Waals surface area contributed by atoms with E-state index in [1.54, 1.807) is 6.07 Å². The summed E-state index contributed by atoms with van der Waals surface area (Å²) in [5.41, 5.74) is 2.84. The molecule has 0 aliphatic carbocycles. The fraction of sp³-hybridized carbons (Fsp3) is 0.455. The topological polar surface area (TPSA) is 92.5 Å². The van der Waals surface area contributed by atoms with E-state index in [9.17, 15) is 18.5 Å². The molecule has 3 rings (SSSR count). The van der Waals surface area contributed by atoms with Crippen LogP contribution in [-0.2, 0) is 15.3 Å². The third-order valence-electron chi connectivity index (χ3n) is 5.52. The standard InChI is InChI=1S/C22H29N3O4S/c1-22(2,3)16-5-8-19(9-6-16)24-13-11-17(12-14-24)23-18-7-10-20(25(26)27)21(15-18)30(4,28)29/h5-10,15,17,23H,11-14H2,1-4H3. The van der Waals surface area contributed by atoms with Crippen molar-refractivity contribution in [3.05, 3.63) is 58.1 Å². The molecule has 162 valence electrons. The number of nitrogens with zero attached hydrogens (tertiary/aromatic N) is 2. The van der Waals surface area contributed by atoms with Gasteiger partial charge in [0.1, 0.15) is 4.90 Å². The third-order valence-corrected chi connectivity index (χ3v) is 6.65. The summed E-state index contributed by atoms with van der Waals surface area (Å²) in [6.07, 6.45) is 2.78. The SMILES string of the molecule is CC(C)(C)c1ccc(N2CCC(Nc3ccc([N+](=O)[O-])c(S(C)(=O)=O)c3)CC2)cc1. The molecule has 1 aliphatic heterocycles. The van der Waals surface area contributed by atoms with E-state index in [2.05, 4.69) is 55.3 Å². The lowest BCUT2D eigenvalue weighted by Gasteiger charge is -2.34. The van der Waals surface area contributed by atoms with Gasteiger partial charge in [0.05, 0.1) is 4.92 Å². The van der Waals surface area contributed by atoms with Crippen LogP contribution in [-0.4, -0.2) is 38.7 Å². The summed E-state index contributed by atoms with van der Waals surface area (Å²) in [5, 5.41) is 14.5. The van der Waals surface area contributed by atoms with E-state index in [0.717, 1.165) is 32.2 Å². The summed E-state index contributed by atoms with van der Waals surface area (Å²) in [6.45, 7) is 8.38. The number of hydrogen-bond donors (Lipinski definition) is 1. The van der Waals surface area contributed by atoms with Crippen LogP contribution in [0.25, 0.3) is 0 Å². The van der Waals surface area contributed by atoms with E-state index >= 15 is 0 Å². The first-order valence-corrected chi connectivity index (χ1v) is 11.9. The van der Waals surface area contributed by atoms with Crippen molar-refractivity contribution >= 4 is 26.9 Å². The highest BCUT2D eigenvalue weighted by atomic mass is 32.2. The van der Waals surface area contributed by atoms with E-state index < -0.39 is 20.4 Å². The van der Waals surface area contributed by atoms with Gasteiger partial charge in [0.2, 0.25) is 0 Å². The molecule has 0 radical (unpaired) electrons. The molecule has 0 atom stereocenters. The lowest BCUT2D eigenvalue weighted by molar-refractivity contribution is -0.387. The Hall–Kier alpha value is -2.61. The Balaban J connectivity index is 1.66. The van der Waals surface area contributed by atoms with Crippen LogP contribution < -0.4 is 10.2 Å². The molecular formula is C22H29N3O4S. The van der Waals surface area contributed by atoms with Gasteiger partial charge in [0, 0.05) is 42.8 Å². The Bertz CT molecular complexity index is 1020. The van der Waals surface area contributed by atoms with Crippen LogP contribution in [0.3, 0.4) is 0 Å². The molecule has 0 spiro atoms. The lowest BCUT2D eigenvalue weighted by Crippen LogP contribution is -2.39. The van der Waals surface area contributed by atoms with E-state index in [-0.39, 0.29) is 16.4 Å². The molecule has 1 aliphatic rings. The van der Waals surface area contributed by atoms with E-state index in [1.165, 1.54) is 23.4 Å². The zero-order chi connectivity index (χ0) is 22.1. The van der Waals surface area contributed by atoms with E-state index in [1.807, 2.05) is 0 Å². The van der Waals surface area contributed by atoms with Crippen molar-refractivity contribution in [2.75, 3.05) is 29.6 Å². The molecule has 2 aromatic carbocycles. The maximum atomic E-state index is 11.9. The predicted octanol–water partition coefficient (Wildman–Crippen LogP) is 4.38. The van der Waals surface area contributed by atoms with Gasteiger partial charge in [-0.1, -0.05) is 32.9 Å². The van der Waals surface area contributed by atoms with Crippen molar-refractivity contribution in [1.29, 1.82) is 0 Å². The molecule has 8 heteroatoms. The summed E-state index contributed by atoms with van der Waals surface area (Å²) in [7, 11) is -3.69. The molecule has 1 N–H and O–H groups in total. The second-order valence-corrected chi connectivity index (χ2v) is 10.9. The average molecular weight is 432 g/mol. The Morgan fingerprint density at radius 3 is 2.17 bits per heavy atom. The Kier molecular flexibility index (Phi) is 6.08. The van der Waals surface area contributed by atoms with Crippen molar-refractivity contribution in [2.45, 2.75) is 50.0 Å². The van der Waals surface area contributed by atoms with Gasteiger partial charge in [-0.05, 0) is 48.1 Å². The summed E-state index contributed by atoms with van der Waals surface area (Å²) < 4.78 is 23.9. The number of anilines is 2. The van der Waals surface area contributed by atoms with Crippen LogP contribution in [0.2, 0.25) is 0 Å². The monoisotopic (exact) mass is 431 g/mol. The highest BCUT2D eigenvalue weighted by molar-refractivity contribution is 7.90. The molecule has 0 amide bonds. The number of sulfone groups is 1. The first kappa shape index (κ1) is 22.1. The van der Waals surface area contributed by atoms with Crippen molar-refractivity contribution in [1.82, 2.24) is 0 Å². The first-order chi connectivity index (χ1) is 13.9. The van der Waals surface area contributed by atoms with Crippen molar-refractivity contribution in [2.24, 2.45) is 0 Å². The third kappa shape index (κ3) is 5.11. The van der Waals surface area contributed by atoms with Gasteiger partial charge < -0.3 is 10.2 Å². The van der Waals surface area contributed by atoms with E-state index in [0.29, 0.717) is 5.69 Å². The van der Waals surface area contributed by atoms with Crippen LogP contribution in [0.4, 0.5) is 17.1 Å². The van der Waals surface area contributed by atoms with Gasteiger partial charge in [-0.15, -0.1) is 0 Å². The summed E-state index contributed by atoms with van der Waals surface area (Å²) in [6, 6.07) is 13.1. The minimum atomic E-state index is -3.69. The van der Waals surface area contributed by atoms with E-state index in [4.69, 9.17) is 0 Å². The number of benzene rings is 2. The van der Waals surface area contributed by atoms with Gasteiger partial charge in [0.15, 0.2) is 9.84 Å². The second kappa shape index (κ2) is 8.26. The van der Waals surface area contributed by atoms with Crippen LogP contribution in [0, 0.1) is 10.1 Å². The number of nitro groups is 1. The largest absolute Gasteiger partial charge is 0.382 e. The molecule has 0 saturated carbocycles. The lowest BCUT2D eigenvalue weighted by atomic mass is 9.87. The molecule has 1 heterocycles. The molecule has 0 aromatic heterocycles. The highest BCUT2D eigenvalue weighted by Crippen LogP contribution is 2.30. The minimum Gasteiger partial charge on any atom is -0.382 e. The number of nitro benzene ring substituents is 1. The fourth-order valence-corrected chi connectivity index (χ4v) is 4.61. The van der Waals surface area contributed by atoms with Crippen molar-refractivity contribution < 1.29 is 13.3 Å². The van der Waals surface area contributed by atoms with Crippen LogP contribution in [0.5, 0.6) is 0 Å². The number of rotatable bonds is 5. The van der Waals surface area contributed by atoms with Crippen LogP contribution in [0.1, 0.15) is 39.2 Å².